The predicted molar refractivity (Wildman–Crippen MR) is 68.6 cm³/mol. The third-order valence-corrected chi connectivity index (χ3v) is 2.90. The van der Waals surface area contributed by atoms with Crippen LogP contribution in [0.5, 0.6) is 0 Å². The van der Waals surface area contributed by atoms with Gasteiger partial charge >= 0.3 is 5.97 Å². The molecule has 0 atom stereocenters. The molecule has 0 spiro atoms. The van der Waals surface area contributed by atoms with Crippen molar-refractivity contribution in [3.63, 3.8) is 0 Å². The minimum absolute atomic E-state index is 0.0197. The Morgan fingerprint density at radius 1 is 1.26 bits per heavy atom. The maximum atomic E-state index is 13.4. The zero-order valence-corrected chi connectivity index (χ0v) is 11.7. The molecule has 1 aromatic carbocycles. The van der Waals surface area contributed by atoms with Crippen LogP contribution in [0.25, 0.3) is 0 Å². The van der Waals surface area contributed by atoms with E-state index in [9.17, 15) is 18.4 Å². The molecule has 0 saturated heterocycles. The highest BCUT2D eigenvalue weighted by atomic mass is 79.9. The summed E-state index contributed by atoms with van der Waals surface area (Å²) in [4.78, 5) is 22.3. The number of rotatable bonds is 5. The second kappa shape index (κ2) is 7.18. The van der Waals surface area contributed by atoms with Crippen molar-refractivity contribution in [1.29, 1.82) is 0 Å². The van der Waals surface area contributed by atoms with E-state index in [2.05, 4.69) is 26.0 Å². The first-order chi connectivity index (χ1) is 8.93. The first-order valence-electron chi connectivity index (χ1n) is 5.45. The molecule has 1 N–H and O–H groups in total. The molecule has 0 unspecified atom stereocenters. The standard InChI is InChI=1S/C12H12BrF2NO3/c1-19-12(18)4-2-3-11(17)16-10-6-8(14)7(13)5-9(10)15/h5-6H,2-4H2,1H3,(H,16,17). The maximum Gasteiger partial charge on any atom is 0.305 e. The summed E-state index contributed by atoms with van der Waals surface area (Å²) in [5, 5.41) is 2.24. The summed E-state index contributed by atoms with van der Waals surface area (Å²) in [7, 11) is 1.25. The Bertz CT molecular complexity index is 494. The van der Waals surface area contributed by atoms with Gasteiger partial charge in [0.1, 0.15) is 11.6 Å². The van der Waals surface area contributed by atoms with Gasteiger partial charge in [-0.2, -0.15) is 0 Å². The molecule has 0 aromatic heterocycles. The molecular formula is C12H12BrF2NO3. The van der Waals surface area contributed by atoms with E-state index in [0.29, 0.717) is 0 Å². The van der Waals surface area contributed by atoms with Gasteiger partial charge in [-0.3, -0.25) is 9.59 Å². The number of hydrogen-bond donors (Lipinski definition) is 1. The largest absolute Gasteiger partial charge is 0.469 e. The van der Waals surface area contributed by atoms with E-state index in [1.807, 2.05) is 0 Å². The van der Waals surface area contributed by atoms with E-state index in [1.165, 1.54) is 7.11 Å². The number of hydrogen-bond acceptors (Lipinski definition) is 3. The Morgan fingerprint density at radius 3 is 2.58 bits per heavy atom. The number of amides is 1. The SMILES string of the molecule is COC(=O)CCCC(=O)Nc1cc(F)c(Br)cc1F. The molecule has 19 heavy (non-hydrogen) atoms. The van der Waals surface area contributed by atoms with Gasteiger partial charge in [0, 0.05) is 18.9 Å². The van der Waals surface area contributed by atoms with Crippen molar-refractivity contribution in [1.82, 2.24) is 0 Å². The number of halogens is 3. The van der Waals surface area contributed by atoms with Gasteiger partial charge in [0.15, 0.2) is 0 Å². The summed E-state index contributed by atoms with van der Waals surface area (Å²) in [6, 6.07) is 1.82. The Balaban J connectivity index is 2.53. The van der Waals surface area contributed by atoms with Crippen LogP contribution in [-0.4, -0.2) is 19.0 Å². The summed E-state index contributed by atoms with van der Waals surface area (Å²) >= 11 is 2.83. The van der Waals surface area contributed by atoms with Crippen LogP contribution in [0.1, 0.15) is 19.3 Å². The third-order valence-electron chi connectivity index (χ3n) is 2.30. The first kappa shape index (κ1) is 15.6. The van der Waals surface area contributed by atoms with Gasteiger partial charge in [-0.1, -0.05) is 0 Å². The normalized spacial score (nSPS) is 10.1. The summed E-state index contributed by atoms with van der Waals surface area (Å²) in [6.45, 7) is 0. The Hall–Kier alpha value is -1.50. The zero-order chi connectivity index (χ0) is 14.4. The van der Waals surface area contributed by atoms with Crippen LogP contribution in [0.3, 0.4) is 0 Å². The molecule has 0 heterocycles. The minimum Gasteiger partial charge on any atom is -0.469 e. The molecule has 7 heteroatoms. The van der Waals surface area contributed by atoms with Gasteiger partial charge in [-0.15, -0.1) is 0 Å². The van der Waals surface area contributed by atoms with Gasteiger partial charge in [0.05, 0.1) is 17.3 Å². The van der Waals surface area contributed by atoms with E-state index in [1.54, 1.807) is 0 Å². The smallest absolute Gasteiger partial charge is 0.305 e. The molecule has 0 aliphatic carbocycles. The van der Waals surface area contributed by atoms with Crippen LogP contribution in [0.2, 0.25) is 0 Å². The average molecular weight is 336 g/mol. The highest BCUT2D eigenvalue weighted by Crippen LogP contribution is 2.23. The lowest BCUT2D eigenvalue weighted by atomic mass is 10.2. The number of carbonyl (C=O) groups is 2. The second-order valence-electron chi connectivity index (χ2n) is 3.72. The van der Waals surface area contributed by atoms with Crippen molar-refractivity contribution < 1.29 is 23.1 Å². The molecule has 4 nitrogen and oxygen atoms in total. The van der Waals surface area contributed by atoms with E-state index in [4.69, 9.17) is 0 Å². The molecule has 0 aliphatic heterocycles. The van der Waals surface area contributed by atoms with Crippen LogP contribution >= 0.6 is 15.9 Å². The number of methoxy groups -OCH3 is 1. The summed E-state index contributed by atoms with van der Waals surface area (Å²) < 4.78 is 31.0. The fourth-order valence-electron chi connectivity index (χ4n) is 1.33. The van der Waals surface area contributed by atoms with Gasteiger partial charge in [-0.05, 0) is 28.4 Å². The number of anilines is 1. The van der Waals surface area contributed by atoms with Crippen LogP contribution in [-0.2, 0) is 14.3 Å². The summed E-state index contributed by atoms with van der Waals surface area (Å²) in [5.41, 5.74) is -0.233. The highest BCUT2D eigenvalue weighted by Gasteiger charge is 2.11. The molecule has 0 fully saturated rings. The predicted octanol–water partition coefficient (Wildman–Crippen LogP) is 3.01. The molecule has 1 rings (SSSR count). The fourth-order valence-corrected chi connectivity index (χ4v) is 1.64. The van der Waals surface area contributed by atoms with Crippen molar-refractivity contribution in [2.24, 2.45) is 0 Å². The Kier molecular flexibility index (Phi) is 5.88. The molecule has 1 aromatic rings. The number of carbonyl (C=O) groups excluding carboxylic acids is 2. The summed E-state index contributed by atoms with van der Waals surface area (Å²) in [5.74, 6) is -2.33. The molecule has 0 saturated carbocycles. The molecule has 104 valence electrons. The topological polar surface area (TPSA) is 55.4 Å². The van der Waals surface area contributed by atoms with Gasteiger partial charge in [0.25, 0.3) is 0 Å². The van der Waals surface area contributed by atoms with E-state index in [-0.39, 0.29) is 29.4 Å². The van der Waals surface area contributed by atoms with Gasteiger partial charge in [0.2, 0.25) is 5.91 Å². The molecule has 0 bridgehead atoms. The number of ether oxygens (including phenoxy) is 1. The lowest BCUT2D eigenvalue weighted by Crippen LogP contribution is -2.13. The number of nitrogens with one attached hydrogen (secondary N) is 1. The van der Waals surface area contributed by atoms with Crippen molar-refractivity contribution in [3.05, 3.63) is 28.2 Å². The molecule has 1 amide bonds. The van der Waals surface area contributed by atoms with Crippen molar-refractivity contribution >= 4 is 33.5 Å². The molecule has 0 aliphatic rings. The third kappa shape index (κ3) is 4.94. The Morgan fingerprint density at radius 2 is 1.95 bits per heavy atom. The number of benzene rings is 1. The van der Waals surface area contributed by atoms with Gasteiger partial charge < -0.3 is 10.1 Å². The molecule has 0 radical (unpaired) electrons. The Labute approximate surface area is 117 Å². The van der Waals surface area contributed by atoms with E-state index < -0.39 is 23.5 Å². The maximum absolute atomic E-state index is 13.4. The van der Waals surface area contributed by atoms with E-state index >= 15 is 0 Å². The minimum atomic E-state index is -0.741. The monoisotopic (exact) mass is 335 g/mol. The van der Waals surface area contributed by atoms with Crippen LogP contribution in [0, 0.1) is 11.6 Å². The lowest BCUT2D eigenvalue weighted by molar-refractivity contribution is -0.140. The van der Waals surface area contributed by atoms with Crippen molar-refractivity contribution in [2.45, 2.75) is 19.3 Å². The number of esters is 1. The quantitative estimate of drug-likeness (QED) is 0.664. The second-order valence-corrected chi connectivity index (χ2v) is 4.58. The average Bonchev–Trinajstić information content (AvgIpc) is 2.35. The van der Waals surface area contributed by atoms with Gasteiger partial charge in [-0.25, -0.2) is 8.78 Å². The van der Waals surface area contributed by atoms with Crippen molar-refractivity contribution in [3.8, 4) is 0 Å². The van der Waals surface area contributed by atoms with E-state index in [0.717, 1.165) is 12.1 Å². The summed E-state index contributed by atoms with van der Waals surface area (Å²) in [6.07, 6.45) is 0.395. The van der Waals surface area contributed by atoms with Crippen LogP contribution in [0.4, 0.5) is 14.5 Å². The highest BCUT2D eigenvalue weighted by molar-refractivity contribution is 9.10. The first-order valence-corrected chi connectivity index (χ1v) is 6.24. The molecular weight excluding hydrogens is 324 g/mol. The zero-order valence-electron chi connectivity index (χ0n) is 10.1. The van der Waals surface area contributed by atoms with Crippen LogP contribution in [0.15, 0.2) is 16.6 Å². The van der Waals surface area contributed by atoms with Crippen LogP contribution < -0.4 is 5.32 Å². The fraction of sp³-hybridized carbons (Fsp3) is 0.333. The lowest BCUT2D eigenvalue weighted by Gasteiger charge is -2.07. The van der Waals surface area contributed by atoms with Crippen molar-refractivity contribution in [2.75, 3.05) is 12.4 Å².